The molecule has 1 aliphatic carbocycles. The van der Waals surface area contributed by atoms with Gasteiger partial charge in [-0.2, -0.15) is 0 Å². The van der Waals surface area contributed by atoms with Crippen LogP contribution in [-0.2, 0) is 17.9 Å². The summed E-state index contributed by atoms with van der Waals surface area (Å²) in [7, 11) is 0. The van der Waals surface area contributed by atoms with Crippen LogP contribution in [0.15, 0.2) is 60.8 Å². The first-order valence-electron chi connectivity index (χ1n) is 14.2. The maximum Gasteiger partial charge on any atom is 0.307 e. The Morgan fingerprint density at radius 3 is 2.73 bits per heavy atom. The molecule has 2 aromatic heterocycles. The molecule has 1 saturated carbocycles. The van der Waals surface area contributed by atoms with Crippen molar-refractivity contribution in [2.45, 2.75) is 64.0 Å². The van der Waals surface area contributed by atoms with Crippen molar-refractivity contribution in [2.75, 3.05) is 18.0 Å². The van der Waals surface area contributed by atoms with Crippen LogP contribution in [0.3, 0.4) is 0 Å². The van der Waals surface area contributed by atoms with Gasteiger partial charge in [-0.05, 0) is 61.2 Å². The lowest BCUT2D eigenvalue weighted by molar-refractivity contribution is -0.143. The molecule has 3 heterocycles. The Morgan fingerprint density at radius 1 is 1.12 bits per heavy atom. The third kappa shape index (κ3) is 5.89. The van der Waals surface area contributed by atoms with Gasteiger partial charge < -0.3 is 19.3 Å². The molecule has 1 aliphatic heterocycles. The molecular formula is C32H34F2N4O3. The average molecular weight is 561 g/mol. The highest BCUT2D eigenvalue weighted by molar-refractivity contribution is 5.79. The number of ether oxygens (including phenoxy) is 1. The number of nitrogens with zero attached hydrogens (tertiary/aromatic N) is 4. The lowest BCUT2D eigenvalue weighted by Crippen LogP contribution is -2.28. The number of imidazole rings is 1. The molecule has 1 unspecified atom stereocenters. The smallest absolute Gasteiger partial charge is 0.307 e. The second-order valence-electron chi connectivity index (χ2n) is 11.4. The number of anilines is 1. The van der Waals surface area contributed by atoms with E-state index in [1.54, 1.807) is 4.90 Å². The number of rotatable bonds is 8. The monoisotopic (exact) mass is 560 g/mol. The lowest BCUT2D eigenvalue weighted by Gasteiger charge is -2.28. The molecule has 2 atom stereocenters. The van der Waals surface area contributed by atoms with Gasteiger partial charge >= 0.3 is 5.97 Å². The zero-order valence-corrected chi connectivity index (χ0v) is 23.1. The quantitative estimate of drug-likeness (QED) is 0.263. The Hall–Kier alpha value is -4.01. The molecule has 6 rings (SSSR count). The number of fused-ring (bicyclic) bond motifs is 1. The molecule has 214 valence electrons. The minimum absolute atomic E-state index is 0.146. The number of hydrogen-bond acceptors (Lipinski definition) is 5. The number of carbonyl (C=O) groups is 1. The van der Waals surface area contributed by atoms with E-state index in [1.807, 2.05) is 67.7 Å². The molecule has 2 aliphatic rings. The van der Waals surface area contributed by atoms with Crippen molar-refractivity contribution < 1.29 is 23.4 Å². The summed E-state index contributed by atoms with van der Waals surface area (Å²) in [6, 6.07) is 17.4. The summed E-state index contributed by atoms with van der Waals surface area (Å²) >= 11 is 0. The first-order chi connectivity index (χ1) is 19.8. The van der Waals surface area contributed by atoms with E-state index in [0.29, 0.717) is 31.9 Å². The Kier molecular flexibility index (Phi) is 7.36. The molecular weight excluding hydrogens is 526 g/mol. The normalized spacial score (nSPS) is 20.4. The van der Waals surface area contributed by atoms with E-state index in [1.165, 1.54) is 0 Å². The summed E-state index contributed by atoms with van der Waals surface area (Å²) in [4.78, 5) is 23.4. The number of halogens is 2. The van der Waals surface area contributed by atoms with Gasteiger partial charge in [-0.1, -0.05) is 31.0 Å². The Labute approximate surface area is 237 Å². The third-order valence-electron chi connectivity index (χ3n) is 8.31. The Balaban J connectivity index is 1.36. The fraction of sp³-hybridized carbons (Fsp3) is 0.406. The third-order valence-corrected chi connectivity index (χ3v) is 8.31. The van der Waals surface area contributed by atoms with Crippen molar-refractivity contribution >= 4 is 22.7 Å². The Morgan fingerprint density at radius 2 is 1.98 bits per heavy atom. The van der Waals surface area contributed by atoms with Crippen molar-refractivity contribution in [1.82, 2.24) is 14.5 Å². The number of alkyl halides is 2. The van der Waals surface area contributed by atoms with Crippen molar-refractivity contribution in [2.24, 2.45) is 5.92 Å². The molecule has 0 radical (unpaired) electrons. The summed E-state index contributed by atoms with van der Waals surface area (Å²) < 4.78 is 36.0. The molecule has 1 saturated heterocycles. The van der Waals surface area contributed by atoms with Crippen LogP contribution in [0.4, 0.5) is 14.5 Å². The van der Waals surface area contributed by atoms with Gasteiger partial charge in [0.2, 0.25) is 0 Å². The molecule has 0 amide bonds. The highest BCUT2D eigenvalue weighted by Gasteiger charge is 2.38. The van der Waals surface area contributed by atoms with E-state index in [0.717, 1.165) is 58.6 Å². The van der Waals surface area contributed by atoms with Gasteiger partial charge in [0.25, 0.3) is 5.92 Å². The first-order valence-corrected chi connectivity index (χ1v) is 14.2. The van der Waals surface area contributed by atoms with Crippen LogP contribution in [0, 0.1) is 12.8 Å². The second kappa shape index (κ2) is 11.1. The fourth-order valence-electron chi connectivity index (χ4n) is 6.13. The fourth-order valence-corrected chi connectivity index (χ4v) is 6.13. The number of aryl methyl sites for hydroxylation is 1. The van der Waals surface area contributed by atoms with E-state index < -0.39 is 17.8 Å². The van der Waals surface area contributed by atoms with E-state index in [9.17, 15) is 18.7 Å². The molecule has 4 aromatic rings. The minimum atomic E-state index is -2.68. The van der Waals surface area contributed by atoms with Crippen LogP contribution < -0.4 is 9.64 Å². The zero-order valence-electron chi connectivity index (χ0n) is 23.1. The molecule has 9 heteroatoms. The van der Waals surface area contributed by atoms with E-state index in [4.69, 9.17) is 9.72 Å². The van der Waals surface area contributed by atoms with Crippen LogP contribution >= 0.6 is 0 Å². The topological polar surface area (TPSA) is 80.5 Å². The van der Waals surface area contributed by atoms with Crippen molar-refractivity contribution in [3.05, 3.63) is 83.4 Å². The predicted octanol–water partition coefficient (Wildman–Crippen LogP) is 6.57. The van der Waals surface area contributed by atoms with Crippen LogP contribution in [0.1, 0.15) is 60.7 Å². The summed E-state index contributed by atoms with van der Waals surface area (Å²) in [6.45, 7) is 2.78. The first kappa shape index (κ1) is 27.2. The highest BCUT2D eigenvalue weighted by atomic mass is 19.3. The number of aromatic nitrogens is 3. The predicted molar refractivity (Wildman–Crippen MR) is 153 cm³/mol. The number of carboxylic acids is 1. The van der Waals surface area contributed by atoms with E-state index in [-0.39, 0.29) is 18.9 Å². The molecule has 41 heavy (non-hydrogen) atoms. The molecule has 0 spiro atoms. The van der Waals surface area contributed by atoms with Crippen LogP contribution in [0.5, 0.6) is 5.75 Å². The summed E-state index contributed by atoms with van der Waals surface area (Å²) in [5.41, 5.74) is 5.22. The van der Waals surface area contributed by atoms with Crippen LogP contribution in [-0.4, -0.2) is 44.6 Å². The Bertz CT molecular complexity index is 1550. The molecule has 2 aromatic carbocycles. The standard InChI is InChI=1S/C32H34F2N4O3/c1-21-9-10-23(35-17-21)19-41-25-11-12-28-29(16-25)38(30(36-28)26-7-2-3-8-27(26)31(39)40)18-22-5-4-6-24(15-22)37-14-13-32(33,34)20-37/h4-6,9-12,15-17,26-27H,2-3,7-8,13-14,18-20H2,1H3,(H,39,40)/t26-,27?/m0/s1. The van der Waals surface area contributed by atoms with E-state index >= 15 is 0 Å². The lowest BCUT2D eigenvalue weighted by atomic mass is 9.78. The summed E-state index contributed by atoms with van der Waals surface area (Å²) in [5.74, 6) is -2.77. The van der Waals surface area contributed by atoms with Crippen molar-refractivity contribution in [3.63, 3.8) is 0 Å². The van der Waals surface area contributed by atoms with Gasteiger partial charge in [0.05, 0.1) is 29.2 Å². The number of aliphatic carboxylic acids is 1. The van der Waals surface area contributed by atoms with Gasteiger partial charge in [-0.3, -0.25) is 9.78 Å². The summed E-state index contributed by atoms with van der Waals surface area (Å²) in [6.07, 6.45) is 4.89. The summed E-state index contributed by atoms with van der Waals surface area (Å²) in [5, 5.41) is 10.0. The molecule has 0 bridgehead atoms. The number of carboxylic acid groups (broad SMARTS) is 1. The highest BCUT2D eigenvalue weighted by Crippen LogP contribution is 2.40. The van der Waals surface area contributed by atoms with Gasteiger partial charge in [0, 0.05) is 43.4 Å². The SMILES string of the molecule is Cc1ccc(COc2ccc3nc([C@H]4CCCCC4C(=O)O)n(Cc4cccc(N5CCC(F)(F)C5)c4)c3c2)nc1. The largest absolute Gasteiger partial charge is 0.487 e. The van der Waals surface area contributed by atoms with Crippen LogP contribution in [0.25, 0.3) is 11.0 Å². The molecule has 2 fully saturated rings. The second-order valence-corrected chi connectivity index (χ2v) is 11.4. The van der Waals surface area contributed by atoms with Gasteiger partial charge in [-0.15, -0.1) is 0 Å². The molecule has 1 N–H and O–H groups in total. The van der Waals surface area contributed by atoms with Crippen molar-refractivity contribution in [3.8, 4) is 5.75 Å². The number of benzene rings is 2. The van der Waals surface area contributed by atoms with Gasteiger partial charge in [0.1, 0.15) is 18.2 Å². The van der Waals surface area contributed by atoms with Crippen LogP contribution in [0.2, 0.25) is 0 Å². The zero-order chi connectivity index (χ0) is 28.6. The maximum atomic E-state index is 13.9. The van der Waals surface area contributed by atoms with E-state index in [2.05, 4.69) is 9.55 Å². The number of pyridine rings is 1. The molecule has 7 nitrogen and oxygen atoms in total. The van der Waals surface area contributed by atoms with Crippen molar-refractivity contribution in [1.29, 1.82) is 0 Å². The minimum Gasteiger partial charge on any atom is -0.487 e. The van der Waals surface area contributed by atoms with Gasteiger partial charge in [-0.25, -0.2) is 13.8 Å². The van der Waals surface area contributed by atoms with Gasteiger partial charge in [0.15, 0.2) is 0 Å². The number of hydrogen-bond donors (Lipinski definition) is 1. The average Bonchev–Trinajstić information content (AvgIpc) is 3.52. The maximum absolute atomic E-state index is 13.9.